The Balaban J connectivity index is 2.38. The summed E-state index contributed by atoms with van der Waals surface area (Å²) in [6, 6.07) is 6.11. The van der Waals surface area contributed by atoms with Crippen molar-refractivity contribution < 1.29 is 27.5 Å². The third-order valence-corrected chi connectivity index (χ3v) is 2.43. The highest BCUT2D eigenvalue weighted by Gasteiger charge is 2.27. The third-order valence-electron chi connectivity index (χ3n) is 1.90. The Labute approximate surface area is 115 Å². The predicted octanol–water partition coefficient (Wildman–Crippen LogP) is 2.28. The van der Waals surface area contributed by atoms with E-state index in [1.165, 1.54) is 12.1 Å². The van der Waals surface area contributed by atoms with Gasteiger partial charge in [-0.1, -0.05) is 15.9 Å². The zero-order chi connectivity index (χ0) is 14.5. The highest BCUT2D eigenvalue weighted by atomic mass is 79.9. The summed E-state index contributed by atoms with van der Waals surface area (Å²) in [7, 11) is 0. The predicted molar refractivity (Wildman–Crippen MR) is 63.5 cm³/mol. The monoisotopic (exact) mass is 339 g/mol. The molecule has 19 heavy (non-hydrogen) atoms. The van der Waals surface area contributed by atoms with Crippen molar-refractivity contribution in [1.82, 2.24) is 5.32 Å². The first-order chi connectivity index (χ1) is 8.78. The largest absolute Gasteiger partial charge is 0.452 e. The van der Waals surface area contributed by atoms with E-state index in [4.69, 9.17) is 0 Å². The first-order valence-electron chi connectivity index (χ1n) is 5.04. The van der Waals surface area contributed by atoms with E-state index in [1.54, 1.807) is 17.4 Å². The number of carbonyl (C=O) groups is 2. The van der Waals surface area contributed by atoms with Crippen molar-refractivity contribution in [3.8, 4) is 0 Å². The van der Waals surface area contributed by atoms with Crippen LogP contribution in [0.25, 0.3) is 0 Å². The van der Waals surface area contributed by atoms with E-state index in [9.17, 15) is 22.8 Å². The Hall–Kier alpha value is -1.57. The lowest BCUT2D eigenvalue weighted by Gasteiger charge is -2.08. The minimum Gasteiger partial charge on any atom is -0.452 e. The molecule has 0 atom stereocenters. The molecule has 0 fully saturated rings. The SMILES string of the molecule is O=C(COC(=O)c1ccc(Br)cc1)NCC(F)(F)F. The van der Waals surface area contributed by atoms with Crippen molar-refractivity contribution in [1.29, 1.82) is 0 Å². The van der Waals surface area contributed by atoms with Gasteiger partial charge in [0.05, 0.1) is 5.56 Å². The van der Waals surface area contributed by atoms with Gasteiger partial charge in [-0.3, -0.25) is 4.79 Å². The molecule has 4 nitrogen and oxygen atoms in total. The zero-order valence-electron chi connectivity index (χ0n) is 9.46. The number of nitrogens with one attached hydrogen (secondary N) is 1. The summed E-state index contributed by atoms with van der Waals surface area (Å²) in [6.07, 6.45) is -4.49. The maximum atomic E-state index is 11.8. The van der Waals surface area contributed by atoms with E-state index in [1.807, 2.05) is 0 Å². The normalized spacial score (nSPS) is 10.9. The summed E-state index contributed by atoms with van der Waals surface area (Å²) >= 11 is 3.17. The average Bonchev–Trinajstić information content (AvgIpc) is 2.33. The molecule has 0 aliphatic heterocycles. The van der Waals surface area contributed by atoms with Gasteiger partial charge >= 0.3 is 12.1 Å². The number of hydrogen-bond donors (Lipinski definition) is 1. The standard InChI is InChI=1S/C11H9BrF3NO3/c12-8-3-1-7(2-4-8)10(18)19-5-9(17)16-6-11(13,14)15/h1-4H,5-6H2,(H,16,17). The molecule has 0 unspecified atom stereocenters. The van der Waals surface area contributed by atoms with Crippen molar-refractivity contribution in [2.45, 2.75) is 6.18 Å². The number of halogens is 4. The maximum Gasteiger partial charge on any atom is 0.405 e. The van der Waals surface area contributed by atoms with Crippen LogP contribution in [0.2, 0.25) is 0 Å². The molecule has 1 rings (SSSR count). The van der Waals surface area contributed by atoms with Gasteiger partial charge in [0.1, 0.15) is 6.54 Å². The van der Waals surface area contributed by atoms with E-state index in [-0.39, 0.29) is 5.56 Å². The van der Waals surface area contributed by atoms with Gasteiger partial charge in [-0.15, -0.1) is 0 Å². The number of hydrogen-bond acceptors (Lipinski definition) is 3. The molecular formula is C11H9BrF3NO3. The van der Waals surface area contributed by atoms with Crippen molar-refractivity contribution in [2.75, 3.05) is 13.2 Å². The third kappa shape index (κ3) is 6.23. The molecule has 0 saturated heterocycles. The van der Waals surface area contributed by atoms with Crippen LogP contribution in [0.15, 0.2) is 28.7 Å². The number of amides is 1. The first kappa shape index (κ1) is 15.5. The molecule has 1 amide bonds. The van der Waals surface area contributed by atoms with E-state index >= 15 is 0 Å². The van der Waals surface area contributed by atoms with Crippen molar-refractivity contribution in [3.05, 3.63) is 34.3 Å². The van der Waals surface area contributed by atoms with Crippen LogP contribution < -0.4 is 5.32 Å². The molecule has 8 heteroatoms. The molecule has 0 aliphatic carbocycles. The van der Waals surface area contributed by atoms with Crippen LogP contribution in [0.3, 0.4) is 0 Å². The van der Waals surface area contributed by atoms with Gasteiger partial charge in [0, 0.05) is 4.47 Å². The Bertz CT molecular complexity index is 459. The average molecular weight is 340 g/mol. The fourth-order valence-corrected chi connectivity index (χ4v) is 1.31. The van der Waals surface area contributed by atoms with E-state index in [0.717, 1.165) is 4.47 Å². The second-order valence-electron chi connectivity index (χ2n) is 3.47. The number of benzene rings is 1. The summed E-state index contributed by atoms with van der Waals surface area (Å²) < 4.78 is 40.7. The van der Waals surface area contributed by atoms with Crippen molar-refractivity contribution >= 4 is 27.8 Å². The highest BCUT2D eigenvalue weighted by molar-refractivity contribution is 9.10. The number of rotatable bonds is 4. The maximum absolute atomic E-state index is 11.8. The second kappa shape index (κ2) is 6.55. The van der Waals surface area contributed by atoms with Gasteiger partial charge in [-0.25, -0.2) is 4.79 Å². The molecule has 0 aromatic heterocycles. The fourth-order valence-electron chi connectivity index (χ4n) is 1.05. The van der Waals surface area contributed by atoms with Crippen LogP contribution in [0.4, 0.5) is 13.2 Å². The van der Waals surface area contributed by atoms with Crippen LogP contribution in [0, 0.1) is 0 Å². The van der Waals surface area contributed by atoms with Gasteiger partial charge in [0.25, 0.3) is 5.91 Å². The smallest absolute Gasteiger partial charge is 0.405 e. The molecule has 0 bridgehead atoms. The second-order valence-corrected chi connectivity index (χ2v) is 4.39. The quantitative estimate of drug-likeness (QED) is 0.856. The van der Waals surface area contributed by atoms with Crippen molar-refractivity contribution in [3.63, 3.8) is 0 Å². The Morgan fingerprint density at radius 1 is 1.21 bits per heavy atom. The fraction of sp³-hybridized carbons (Fsp3) is 0.273. The molecule has 0 spiro atoms. The number of carbonyl (C=O) groups excluding carboxylic acids is 2. The Kier molecular flexibility index (Phi) is 5.34. The number of ether oxygens (including phenoxy) is 1. The molecule has 1 aromatic carbocycles. The summed E-state index contributed by atoms with van der Waals surface area (Å²) in [5.41, 5.74) is 0.201. The van der Waals surface area contributed by atoms with Crippen LogP contribution >= 0.6 is 15.9 Å². The molecule has 1 N–H and O–H groups in total. The molecule has 0 saturated carbocycles. The zero-order valence-corrected chi connectivity index (χ0v) is 11.0. The Morgan fingerprint density at radius 2 is 1.79 bits per heavy atom. The first-order valence-corrected chi connectivity index (χ1v) is 5.83. The molecular weight excluding hydrogens is 331 g/mol. The van der Waals surface area contributed by atoms with Gasteiger partial charge in [-0.05, 0) is 24.3 Å². The summed E-state index contributed by atoms with van der Waals surface area (Å²) in [6.45, 7) is -2.22. The molecule has 104 valence electrons. The lowest BCUT2D eigenvalue weighted by atomic mass is 10.2. The molecule has 0 heterocycles. The van der Waals surface area contributed by atoms with E-state index in [0.29, 0.717) is 0 Å². The van der Waals surface area contributed by atoms with Crippen LogP contribution in [-0.4, -0.2) is 31.2 Å². The van der Waals surface area contributed by atoms with Crippen molar-refractivity contribution in [2.24, 2.45) is 0 Å². The number of alkyl halides is 3. The number of esters is 1. The minimum atomic E-state index is -4.49. The summed E-state index contributed by atoms with van der Waals surface area (Å²) in [5, 5.41) is 1.59. The topological polar surface area (TPSA) is 55.4 Å². The highest BCUT2D eigenvalue weighted by Crippen LogP contribution is 2.12. The van der Waals surface area contributed by atoms with Crippen LogP contribution in [-0.2, 0) is 9.53 Å². The summed E-state index contributed by atoms with van der Waals surface area (Å²) in [4.78, 5) is 22.4. The summed E-state index contributed by atoms with van der Waals surface area (Å²) in [5.74, 6) is -1.79. The van der Waals surface area contributed by atoms with Gasteiger partial charge in [0.15, 0.2) is 6.61 Å². The molecule has 0 aliphatic rings. The molecule has 1 aromatic rings. The lowest BCUT2D eigenvalue weighted by Crippen LogP contribution is -2.36. The Morgan fingerprint density at radius 3 is 2.32 bits per heavy atom. The van der Waals surface area contributed by atoms with Gasteiger partial charge < -0.3 is 10.1 Å². The minimum absolute atomic E-state index is 0.201. The van der Waals surface area contributed by atoms with Crippen LogP contribution in [0.5, 0.6) is 0 Å². The van der Waals surface area contributed by atoms with Gasteiger partial charge in [-0.2, -0.15) is 13.2 Å². The van der Waals surface area contributed by atoms with Crippen LogP contribution in [0.1, 0.15) is 10.4 Å². The van der Waals surface area contributed by atoms with E-state index < -0.39 is 31.2 Å². The molecule has 0 radical (unpaired) electrons. The van der Waals surface area contributed by atoms with E-state index in [2.05, 4.69) is 20.7 Å². The van der Waals surface area contributed by atoms with Gasteiger partial charge in [0.2, 0.25) is 0 Å². The lowest BCUT2D eigenvalue weighted by molar-refractivity contribution is -0.140.